The molecule has 20 heavy (non-hydrogen) atoms. The summed E-state index contributed by atoms with van der Waals surface area (Å²) >= 11 is 0. The zero-order valence-electron chi connectivity index (χ0n) is 11.0. The highest BCUT2D eigenvalue weighted by Gasteiger charge is 2.36. The second-order valence-electron chi connectivity index (χ2n) is 4.41. The van der Waals surface area contributed by atoms with Crippen molar-refractivity contribution in [3.8, 4) is 0 Å². The zero-order chi connectivity index (χ0) is 14.5. The van der Waals surface area contributed by atoms with Gasteiger partial charge in [0.05, 0.1) is 0 Å². The normalized spacial score (nSPS) is 17.6. The van der Waals surface area contributed by atoms with Crippen molar-refractivity contribution >= 4 is 17.9 Å². The van der Waals surface area contributed by atoms with Crippen LogP contribution in [0, 0.1) is 0 Å². The largest absolute Gasteiger partial charge is 0.455 e. The van der Waals surface area contributed by atoms with Gasteiger partial charge in [0, 0.05) is 19.9 Å². The molecule has 1 aromatic carbocycles. The van der Waals surface area contributed by atoms with Crippen LogP contribution in [0.3, 0.4) is 0 Å². The molecule has 1 aromatic rings. The highest BCUT2D eigenvalue weighted by atomic mass is 16.5. The smallest absolute Gasteiger partial charge is 0.303 e. The third-order valence-corrected chi connectivity index (χ3v) is 3.01. The molecule has 1 aliphatic heterocycles. The van der Waals surface area contributed by atoms with Gasteiger partial charge in [-0.2, -0.15) is 0 Å². The van der Waals surface area contributed by atoms with Crippen LogP contribution in [0.1, 0.15) is 18.9 Å². The molecule has 0 radical (unpaired) electrons. The number of nitrogens with zero attached hydrogens (tertiary/aromatic N) is 1. The van der Waals surface area contributed by atoms with Gasteiger partial charge in [0.25, 0.3) is 0 Å². The first-order valence-electron chi connectivity index (χ1n) is 6.13. The Morgan fingerprint density at radius 1 is 1.30 bits per heavy atom. The quantitative estimate of drug-likeness (QED) is 0.611. The second kappa shape index (κ2) is 6.02. The Bertz CT molecular complexity index is 610. The van der Waals surface area contributed by atoms with Gasteiger partial charge in [-0.1, -0.05) is 30.3 Å². The first-order valence-corrected chi connectivity index (χ1v) is 6.13. The van der Waals surface area contributed by atoms with Crippen molar-refractivity contribution in [1.82, 2.24) is 4.90 Å². The number of carbonyl (C=O) groups is 1. The van der Waals surface area contributed by atoms with Gasteiger partial charge in [0.1, 0.15) is 23.3 Å². The summed E-state index contributed by atoms with van der Waals surface area (Å²) in [6, 6.07) is 9.36. The average molecular weight is 271 g/mol. The predicted molar refractivity (Wildman–Crippen MR) is 70.6 cm³/mol. The molecule has 5 heteroatoms. The van der Waals surface area contributed by atoms with Gasteiger partial charge in [0.2, 0.25) is 0 Å². The fourth-order valence-corrected chi connectivity index (χ4v) is 2.16. The molecule has 0 spiro atoms. The SMILES string of the molecule is CC(=O)O[C@H]1CC(=C=O)N(Cc2ccccc2)C1=C=O. The lowest BCUT2D eigenvalue weighted by atomic mass is 10.2. The van der Waals surface area contributed by atoms with Crippen molar-refractivity contribution in [2.45, 2.75) is 26.0 Å². The minimum atomic E-state index is -0.759. The standard InChI is InChI=1S/C15H13NO4/c1-11(19)20-15-7-13(9-17)16(14(15)10-18)8-12-5-3-2-4-6-12/h2-6,15H,7-8H2,1H3/t15-/m0/s1. The molecule has 1 aliphatic rings. The number of hydrogen-bond acceptors (Lipinski definition) is 5. The van der Waals surface area contributed by atoms with Crippen molar-refractivity contribution in [3.05, 3.63) is 47.3 Å². The van der Waals surface area contributed by atoms with Crippen LogP contribution < -0.4 is 0 Å². The lowest BCUT2D eigenvalue weighted by Gasteiger charge is -2.18. The molecule has 0 bridgehead atoms. The third-order valence-electron chi connectivity index (χ3n) is 3.01. The monoisotopic (exact) mass is 271 g/mol. The maximum atomic E-state index is 11.1. The molecule has 0 aromatic heterocycles. The second-order valence-corrected chi connectivity index (χ2v) is 4.41. The van der Waals surface area contributed by atoms with Crippen LogP contribution in [0.4, 0.5) is 0 Å². The van der Waals surface area contributed by atoms with Crippen LogP contribution >= 0.6 is 0 Å². The summed E-state index contributed by atoms with van der Waals surface area (Å²) in [7, 11) is 0. The van der Waals surface area contributed by atoms with Crippen LogP contribution in [0.25, 0.3) is 0 Å². The number of ether oxygens (including phenoxy) is 1. The van der Waals surface area contributed by atoms with E-state index < -0.39 is 12.1 Å². The molecule has 0 N–H and O–H groups in total. The zero-order valence-corrected chi connectivity index (χ0v) is 11.0. The first-order chi connectivity index (χ1) is 9.65. The minimum Gasteiger partial charge on any atom is -0.455 e. The predicted octanol–water partition coefficient (Wildman–Crippen LogP) is 1.26. The summed E-state index contributed by atoms with van der Waals surface area (Å²) in [5.41, 5.74) is 1.37. The van der Waals surface area contributed by atoms with Crippen molar-refractivity contribution in [2.75, 3.05) is 0 Å². The topological polar surface area (TPSA) is 63.7 Å². The van der Waals surface area contributed by atoms with E-state index in [0.29, 0.717) is 12.2 Å². The molecule has 2 rings (SSSR count). The minimum absolute atomic E-state index is 0.153. The average Bonchev–Trinajstić information content (AvgIpc) is 2.76. The van der Waals surface area contributed by atoms with Crippen molar-refractivity contribution in [2.24, 2.45) is 0 Å². The Balaban J connectivity index is 2.28. The van der Waals surface area contributed by atoms with Gasteiger partial charge in [-0.25, -0.2) is 9.59 Å². The van der Waals surface area contributed by atoms with Gasteiger partial charge in [-0.15, -0.1) is 0 Å². The Hall–Kier alpha value is -2.61. The Labute approximate surface area is 116 Å². The van der Waals surface area contributed by atoms with E-state index in [4.69, 9.17) is 4.74 Å². The van der Waals surface area contributed by atoms with Crippen molar-refractivity contribution < 1.29 is 19.1 Å². The van der Waals surface area contributed by atoms with E-state index >= 15 is 0 Å². The van der Waals surface area contributed by atoms with Crippen LogP contribution in [0.2, 0.25) is 0 Å². The lowest BCUT2D eigenvalue weighted by molar-refractivity contribution is -0.144. The number of hydrogen-bond donors (Lipinski definition) is 0. The van der Waals surface area contributed by atoms with E-state index in [1.165, 1.54) is 11.8 Å². The first kappa shape index (κ1) is 13.8. The van der Waals surface area contributed by atoms with E-state index in [9.17, 15) is 14.4 Å². The Kier molecular flexibility index (Phi) is 4.16. The maximum absolute atomic E-state index is 11.1. The van der Waals surface area contributed by atoms with Gasteiger partial charge in [-0.05, 0) is 5.56 Å². The molecule has 1 saturated heterocycles. The lowest BCUT2D eigenvalue weighted by Crippen LogP contribution is -2.22. The van der Waals surface area contributed by atoms with Crippen LogP contribution in [-0.2, 0) is 25.7 Å². The van der Waals surface area contributed by atoms with Crippen molar-refractivity contribution in [1.29, 1.82) is 0 Å². The molecule has 102 valence electrons. The van der Waals surface area contributed by atoms with Gasteiger partial charge >= 0.3 is 5.97 Å². The van der Waals surface area contributed by atoms with Crippen LogP contribution in [0.5, 0.6) is 0 Å². The van der Waals surface area contributed by atoms with E-state index in [1.54, 1.807) is 11.9 Å². The highest BCUT2D eigenvalue weighted by Crippen LogP contribution is 2.31. The number of rotatable bonds is 3. The fourth-order valence-electron chi connectivity index (χ4n) is 2.16. The summed E-state index contributed by atoms with van der Waals surface area (Å²) in [5.74, 6) is 3.07. The maximum Gasteiger partial charge on any atom is 0.303 e. The van der Waals surface area contributed by atoms with Crippen molar-refractivity contribution in [3.63, 3.8) is 0 Å². The van der Waals surface area contributed by atoms with Gasteiger partial charge in [-0.3, -0.25) is 4.79 Å². The fraction of sp³-hybridized carbons (Fsp3) is 0.267. The van der Waals surface area contributed by atoms with Crippen LogP contribution in [0.15, 0.2) is 41.7 Å². The molecule has 1 heterocycles. The Morgan fingerprint density at radius 2 is 2.00 bits per heavy atom. The van der Waals surface area contributed by atoms with E-state index in [1.807, 2.05) is 30.3 Å². The number of esters is 1. The van der Waals surface area contributed by atoms with E-state index in [0.717, 1.165) is 5.56 Å². The summed E-state index contributed by atoms with van der Waals surface area (Å²) in [4.78, 5) is 34.7. The highest BCUT2D eigenvalue weighted by molar-refractivity contribution is 5.69. The molecule has 1 atom stereocenters. The number of carbonyl (C=O) groups excluding carboxylic acids is 3. The number of likely N-dealkylation sites (tertiary alicyclic amines) is 1. The summed E-state index contributed by atoms with van der Waals surface area (Å²) in [6.07, 6.45) is -0.606. The molecular weight excluding hydrogens is 258 g/mol. The summed E-state index contributed by atoms with van der Waals surface area (Å²) in [5, 5.41) is 0. The molecule has 0 saturated carbocycles. The molecule has 5 nitrogen and oxygen atoms in total. The van der Waals surface area contributed by atoms with E-state index in [-0.39, 0.29) is 12.1 Å². The summed E-state index contributed by atoms with van der Waals surface area (Å²) in [6.45, 7) is 1.60. The molecule has 0 unspecified atom stereocenters. The third kappa shape index (κ3) is 2.86. The van der Waals surface area contributed by atoms with E-state index in [2.05, 4.69) is 0 Å². The van der Waals surface area contributed by atoms with Gasteiger partial charge < -0.3 is 9.64 Å². The molecule has 0 aliphatic carbocycles. The molecule has 0 amide bonds. The summed E-state index contributed by atoms with van der Waals surface area (Å²) < 4.78 is 5.03. The number of benzene rings is 1. The molecular formula is C15H13NO4. The molecule has 1 fully saturated rings. The Morgan fingerprint density at radius 3 is 2.55 bits per heavy atom. The van der Waals surface area contributed by atoms with Crippen LogP contribution in [-0.4, -0.2) is 28.9 Å². The van der Waals surface area contributed by atoms with Gasteiger partial charge in [0.15, 0.2) is 6.10 Å².